The van der Waals surface area contributed by atoms with Crippen molar-refractivity contribution in [2.24, 2.45) is 0 Å². The van der Waals surface area contributed by atoms with Crippen LogP contribution in [-0.4, -0.2) is 15.7 Å². The maximum absolute atomic E-state index is 9.55. The molecule has 1 aromatic carbocycles. The smallest absolute Gasteiger partial charge is 0.139 e. The van der Waals surface area contributed by atoms with E-state index in [2.05, 4.69) is 12.6 Å². The molecular weight excluding hydrogens is 214 g/mol. The number of aryl methyl sites for hydroxylation is 1. The summed E-state index contributed by atoms with van der Waals surface area (Å²) in [4.78, 5) is 1.60. The van der Waals surface area contributed by atoms with E-state index >= 15 is 0 Å². The van der Waals surface area contributed by atoms with E-state index in [1.165, 1.54) is 0 Å². The van der Waals surface area contributed by atoms with Crippen LogP contribution in [0.2, 0.25) is 0 Å². The zero-order valence-corrected chi connectivity index (χ0v) is 9.85. The molecule has 1 N–H and O–H groups in total. The molecule has 0 aliphatic heterocycles. The normalized spacial score (nSPS) is 12.3. The summed E-state index contributed by atoms with van der Waals surface area (Å²) in [6.07, 6.45) is -0.666. The molecule has 0 saturated heterocycles. The van der Waals surface area contributed by atoms with Crippen LogP contribution in [0.15, 0.2) is 24.3 Å². The van der Waals surface area contributed by atoms with Gasteiger partial charge in [-0.3, -0.25) is 0 Å². The van der Waals surface area contributed by atoms with Crippen LogP contribution in [0.4, 0.5) is 5.69 Å². The van der Waals surface area contributed by atoms with Gasteiger partial charge in [0.1, 0.15) is 10.5 Å². The summed E-state index contributed by atoms with van der Waals surface area (Å²) >= 11 is 9.05. The van der Waals surface area contributed by atoms with E-state index in [-0.39, 0.29) is 0 Å². The molecule has 0 aliphatic rings. The van der Waals surface area contributed by atoms with Gasteiger partial charge in [-0.1, -0.05) is 30.4 Å². The van der Waals surface area contributed by atoms with Crippen LogP contribution < -0.4 is 4.90 Å². The number of benzene rings is 1. The first kappa shape index (κ1) is 11.5. The van der Waals surface area contributed by atoms with Crippen molar-refractivity contribution in [1.82, 2.24) is 0 Å². The summed E-state index contributed by atoms with van der Waals surface area (Å²) in [5.41, 5.74) is 1.95. The number of thiocarbonyl (C=S) groups is 1. The molecule has 4 heteroatoms. The van der Waals surface area contributed by atoms with Gasteiger partial charge in [-0.05, 0) is 25.5 Å². The Labute approximate surface area is 95.0 Å². The van der Waals surface area contributed by atoms with E-state index in [1.54, 1.807) is 11.8 Å². The van der Waals surface area contributed by atoms with E-state index in [0.29, 0.717) is 4.32 Å². The van der Waals surface area contributed by atoms with Gasteiger partial charge in [0.05, 0.1) is 0 Å². The minimum atomic E-state index is -0.666. The van der Waals surface area contributed by atoms with Gasteiger partial charge in [0.15, 0.2) is 0 Å². The Morgan fingerprint density at radius 3 is 2.50 bits per heavy atom. The lowest BCUT2D eigenvalue weighted by Crippen LogP contribution is -2.35. The lowest BCUT2D eigenvalue weighted by Gasteiger charge is -2.27. The highest BCUT2D eigenvalue weighted by Crippen LogP contribution is 2.22. The first-order valence-electron chi connectivity index (χ1n) is 4.30. The summed E-state index contributed by atoms with van der Waals surface area (Å²) in [5.74, 6) is 0. The topological polar surface area (TPSA) is 23.5 Å². The molecule has 0 radical (unpaired) electrons. The number of para-hydroxylation sites is 1. The van der Waals surface area contributed by atoms with E-state index in [1.807, 2.05) is 31.2 Å². The molecule has 1 atom stereocenters. The predicted octanol–water partition coefficient (Wildman–Crippen LogP) is 2.35. The minimum absolute atomic E-state index is 0.370. The predicted molar refractivity (Wildman–Crippen MR) is 66.9 cm³/mol. The zero-order valence-electron chi connectivity index (χ0n) is 8.14. The Hall–Kier alpha value is -0.580. The van der Waals surface area contributed by atoms with E-state index < -0.39 is 6.23 Å². The molecule has 2 nitrogen and oxygen atoms in total. The van der Waals surface area contributed by atoms with Gasteiger partial charge in [-0.25, -0.2) is 0 Å². The summed E-state index contributed by atoms with van der Waals surface area (Å²) in [6, 6.07) is 7.73. The summed E-state index contributed by atoms with van der Waals surface area (Å²) in [6.45, 7) is 3.63. The third-order valence-electron chi connectivity index (χ3n) is 1.95. The zero-order chi connectivity index (χ0) is 10.7. The molecular formula is C10H13NOS2. The van der Waals surface area contributed by atoms with E-state index in [0.717, 1.165) is 11.3 Å². The van der Waals surface area contributed by atoms with Crippen LogP contribution >= 0.6 is 24.8 Å². The fourth-order valence-corrected chi connectivity index (χ4v) is 1.82. The summed E-state index contributed by atoms with van der Waals surface area (Å²) in [7, 11) is 0. The quantitative estimate of drug-likeness (QED) is 0.460. The van der Waals surface area contributed by atoms with E-state index in [9.17, 15) is 5.11 Å². The van der Waals surface area contributed by atoms with Gasteiger partial charge in [-0.2, -0.15) is 0 Å². The van der Waals surface area contributed by atoms with Gasteiger partial charge < -0.3 is 10.0 Å². The molecule has 14 heavy (non-hydrogen) atoms. The highest BCUT2D eigenvalue weighted by molar-refractivity contribution is 8.11. The lowest BCUT2D eigenvalue weighted by molar-refractivity contribution is 0.205. The second-order valence-electron chi connectivity index (χ2n) is 3.07. The molecule has 0 aromatic heterocycles. The van der Waals surface area contributed by atoms with Gasteiger partial charge in [0, 0.05) is 5.69 Å². The van der Waals surface area contributed by atoms with Crippen molar-refractivity contribution in [2.45, 2.75) is 20.1 Å². The van der Waals surface area contributed by atoms with Crippen molar-refractivity contribution in [2.75, 3.05) is 4.90 Å². The second kappa shape index (κ2) is 4.77. The summed E-state index contributed by atoms with van der Waals surface area (Å²) in [5, 5.41) is 9.55. The molecule has 0 amide bonds. The monoisotopic (exact) mass is 227 g/mol. The van der Waals surface area contributed by atoms with Crippen molar-refractivity contribution < 1.29 is 5.11 Å². The third-order valence-corrected chi connectivity index (χ3v) is 2.37. The van der Waals surface area contributed by atoms with Crippen LogP contribution in [0.5, 0.6) is 0 Å². The standard InChI is InChI=1S/C10H13NOS2/c1-7-5-3-4-6-9(7)11(8(2)12)10(13)14/h3-6,8,12H,1-2H3,(H,13,14). The van der Waals surface area contributed by atoms with Crippen LogP contribution in [-0.2, 0) is 0 Å². The number of aliphatic hydroxyl groups is 1. The van der Waals surface area contributed by atoms with Crippen LogP contribution in [0, 0.1) is 6.92 Å². The number of anilines is 1. The van der Waals surface area contributed by atoms with Crippen LogP contribution in [0.1, 0.15) is 12.5 Å². The molecule has 76 valence electrons. The molecule has 1 rings (SSSR count). The molecule has 0 spiro atoms. The molecule has 0 saturated carbocycles. The lowest BCUT2D eigenvalue weighted by atomic mass is 10.2. The van der Waals surface area contributed by atoms with Crippen LogP contribution in [0.3, 0.4) is 0 Å². The molecule has 0 bridgehead atoms. The fourth-order valence-electron chi connectivity index (χ4n) is 1.30. The van der Waals surface area contributed by atoms with Gasteiger partial charge in [-0.15, -0.1) is 12.6 Å². The van der Waals surface area contributed by atoms with Gasteiger partial charge in [0.25, 0.3) is 0 Å². The average Bonchev–Trinajstić information content (AvgIpc) is 2.07. The number of hydrogen-bond donors (Lipinski definition) is 2. The second-order valence-corrected chi connectivity index (χ2v) is 4.18. The molecule has 1 aromatic rings. The Bertz CT molecular complexity index is 339. The number of nitrogens with zero attached hydrogens (tertiary/aromatic N) is 1. The van der Waals surface area contributed by atoms with Crippen molar-refractivity contribution in [1.29, 1.82) is 0 Å². The first-order chi connectivity index (χ1) is 6.54. The maximum Gasteiger partial charge on any atom is 0.139 e. The number of hydrogen-bond acceptors (Lipinski definition) is 2. The Morgan fingerprint density at radius 2 is 2.07 bits per heavy atom. The first-order valence-corrected chi connectivity index (χ1v) is 5.15. The van der Waals surface area contributed by atoms with Crippen LogP contribution in [0.25, 0.3) is 0 Å². The van der Waals surface area contributed by atoms with E-state index in [4.69, 9.17) is 12.2 Å². The van der Waals surface area contributed by atoms with Crippen molar-refractivity contribution in [3.8, 4) is 0 Å². The van der Waals surface area contributed by atoms with Crippen molar-refractivity contribution >= 4 is 34.9 Å². The molecule has 1 unspecified atom stereocenters. The highest BCUT2D eigenvalue weighted by Gasteiger charge is 2.15. The molecule has 0 heterocycles. The largest absolute Gasteiger partial charge is 0.374 e. The van der Waals surface area contributed by atoms with Crippen molar-refractivity contribution in [3.63, 3.8) is 0 Å². The average molecular weight is 227 g/mol. The number of aliphatic hydroxyl groups excluding tert-OH is 1. The molecule has 0 fully saturated rings. The Balaban J connectivity index is 3.12. The third kappa shape index (κ3) is 2.47. The minimum Gasteiger partial charge on any atom is -0.374 e. The van der Waals surface area contributed by atoms with Gasteiger partial charge >= 0.3 is 0 Å². The summed E-state index contributed by atoms with van der Waals surface area (Å²) < 4.78 is 0.370. The highest BCUT2D eigenvalue weighted by atomic mass is 32.1. The Morgan fingerprint density at radius 1 is 1.50 bits per heavy atom. The van der Waals surface area contributed by atoms with Crippen molar-refractivity contribution in [3.05, 3.63) is 29.8 Å². The SMILES string of the molecule is Cc1ccccc1N(C(=S)S)C(C)O. The Kier molecular flexibility index (Phi) is 3.92. The number of thiol groups is 1. The fraction of sp³-hybridized carbons (Fsp3) is 0.300. The number of rotatable bonds is 2. The van der Waals surface area contributed by atoms with Gasteiger partial charge in [0.2, 0.25) is 0 Å². The maximum atomic E-state index is 9.55. The molecule has 0 aliphatic carbocycles.